The Bertz CT molecular complexity index is 1020. The van der Waals surface area contributed by atoms with Crippen LogP contribution < -0.4 is 10.1 Å². The fourth-order valence-corrected chi connectivity index (χ4v) is 3.41. The summed E-state index contributed by atoms with van der Waals surface area (Å²) < 4.78 is 12.3. The SMILES string of the molecule is COc1cc2occ(-c3cccc(Br)c3)c2cc1/C(C)=C/C(=O)NC(C)C. The molecule has 0 atom stereocenters. The molecule has 2 aromatic carbocycles. The molecule has 1 amide bonds. The molecule has 0 saturated carbocycles. The summed E-state index contributed by atoms with van der Waals surface area (Å²) in [7, 11) is 1.62. The quantitative estimate of drug-likeness (QED) is 0.523. The highest BCUT2D eigenvalue weighted by molar-refractivity contribution is 9.10. The first-order chi connectivity index (χ1) is 12.9. The van der Waals surface area contributed by atoms with Crippen LogP contribution in [0.2, 0.25) is 0 Å². The highest BCUT2D eigenvalue weighted by Crippen LogP contribution is 2.37. The molecule has 0 radical (unpaired) electrons. The number of benzene rings is 2. The van der Waals surface area contributed by atoms with Gasteiger partial charge in [-0.3, -0.25) is 4.79 Å². The van der Waals surface area contributed by atoms with Gasteiger partial charge in [0.05, 0.1) is 13.4 Å². The van der Waals surface area contributed by atoms with Crippen molar-refractivity contribution in [1.82, 2.24) is 5.32 Å². The lowest BCUT2D eigenvalue weighted by atomic mass is 9.99. The van der Waals surface area contributed by atoms with E-state index in [1.165, 1.54) is 0 Å². The largest absolute Gasteiger partial charge is 0.496 e. The van der Waals surface area contributed by atoms with Crippen LogP contribution in [-0.4, -0.2) is 19.1 Å². The molecule has 0 aliphatic rings. The van der Waals surface area contributed by atoms with Gasteiger partial charge in [-0.05, 0) is 50.1 Å². The van der Waals surface area contributed by atoms with Crippen molar-refractivity contribution < 1.29 is 13.9 Å². The number of nitrogens with one attached hydrogen (secondary N) is 1. The topological polar surface area (TPSA) is 51.5 Å². The number of rotatable bonds is 5. The van der Waals surface area contributed by atoms with E-state index in [0.717, 1.165) is 37.7 Å². The zero-order valence-corrected chi connectivity index (χ0v) is 17.4. The minimum absolute atomic E-state index is 0.0860. The Morgan fingerprint density at radius 1 is 1.26 bits per heavy atom. The monoisotopic (exact) mass is 427 g/mol. The molecule has 4 nitrogen and oxygen atoms in total. The molecule has 1 aromatic heterocycles. The Labute approximate surface area is 167 Å². The highest BCUT2D eigenvalue weighted by atomic mass is 79.9. The van der Waals surface area contributed by atoms with Crippen LogP contribution in [0.1, 0.15) is 26.3 Å². The van der Waals surface area contributed by atoms with Crippen LogP contribution in [0.15, 0.2) is 57.6 Å². The van der Waals surface area contributed by atoms with Gasteiger partial charge in [0.25, 0.3) is 0 Å². The summed E-state index contributed by atoms with van der Waals surface area (Å²) in [5, 5.41) is 3.85. The number of halogens is 1. The first-order valence-corrected chi connectivity index (χ1v) is 9.52. The molecule has 0 saturated heterocycles. The van der Waals surface area contributed by atoms with Crippen molar-refractivity contribution in [3.63, 3.8) is 0 Å². The van der Waals surface area contributed by atoms with E-state index in [1.807, 2.05) is 57.2 Å². The number of carbonyl (C=O) groups excluding carboxylic acids is 1. The smallest absolute Gasteiger partial charge is 0.244 e. The predicted octanol–water partition coefficient (Wildman–Crippen LogP) is 5.80. The van der Waals surface area contributed by atoms with Gasteiger partial charge < -0.3 is 14.5 Å². The average molecular weight is 428 g/mol. The minimum atomic E-state index is -0.121. The van der Waals surface area contributed by atoms with Crippen molar-refractivity contribution in [2.45, 2.75) is 26.8 Å². The summed E-state index contributed by atoms with van der Waals surface area (Å²) in [5.74, 6) is 0.549. The van der Waals surface area contributed by atoms with Gasteiger partial charge in [0, 0.05) is 39.2 Å². The maximum atomic E-state index is 12.1. The number of amides is 1. The molecule has 140 valence electrons. The van der Waals surface area contributed by atoms with Crippen LogP contribution in [-0.2, 0) is 4.79 Å². The van der Waals surface area contributed by atoms with Crippen molar-refractivity contribution in [1.29, 1.82) is 0 Å². The Hall–Kier alpha value is -2.53. The number of carbonyl (C=O) groups is 1. The predicted molar refractivity (Wildman–Crippen MR) is 113 cm³/mol. The second-order valence-corrected chi connectivity index (χ2v) is 7.61. The van der Waals surface area contributed by atoms with Crippen LogP contribution in [0.5, 0.6) is 5.75 Å². The maximum absolute atomic E-state index is 12.1. The number of allylic oxidation sites excluding steroid dienone is 1. The van der Waals surface area contributed by atoms with Crippen molar-refractivity contribution in [3.8, 4) is 16.9 Å². The third kappa shape index (κ3) is 4.25. The standard InChI is InChI=1S/C22H22BrNO3/c1-13(2)24-22(25)8-14(3)17-10-18-19(15-6-5-7-16(23)9-15)12-27-21(18)11-20(17)26-4/h5-13H,1-4H3,(H,24,25)/b14-8+. The summed E-state index contributed by atoms with van der Waals surface area (Å²) in [6, 6.07) is 12.0. The first kappa shape index (κ1) is 19.2. The zero-order valence-electron chi connectivity index (χ0n) is 15.8. The van der Waals surface area contributed by atoms with E-state index in [9.17, 15) is 4.79 Å². The van der Waals surface area contributed by atoms with Crippen molar-refractivity contribution >= 4 is 38.4 Å². The lowest BCUT2D eigenvalue weighted by molar-refractivity contribution is -0.116. The number of ether oxygens (including phenoxy) is 1. The van der Waals surface area contributed by atoms with E-state index in [1.54, 1.807) is 19.4 Å². The molecule has 3 aromatic rings. The normalized spacial score (nSPS) is 11.9. The van der Waals surface area contributed by atoms with Crippen LogP contribution in [0, 0.1) is 0 Å². The van der Waals surface area contributed by atoms with Gasteiger partial charge >= 0.3 is 0 Å². The van der Waals surface area contributed by atoms with Crippen LogP contribution in [0.25, 0.3) is 27.7 Å². The van der Waals surface area contributed by atoms with Gasteiger partial charge in [-0.25, -0.2) is 0 Å². The number of methoxy groups -OCH3 is 1. The fraction of sp³-hybridized carbons (Fsp3) is 0.227. The fourth-order valence-electron chi connectivity index (χ4n) is 3.01. The Balaban J connectivity index is 2.11. The van der Waals surface area contributed by atoms with Gasteiger partial charge in [0.1, 0.15) is 11.3 Å². The molecule has 27 heavy (non-hydrogen) atoms. The summed E-state index contributed by atoms with van der Waals surface area (Å²) in [6.45, 7) is 5.77. The van der Waals surface area contributed by atoms with E-state index < -0.39 is 0 Å². The second-order valence-electron chi connectivity index (χ2n) is 6.70. The van der Waals surface area contributed by atoms with Gasteiger partial charge in [0.2, 0.25) is 5.91 Å². The molecule has 0 aliphatic carbocycles. The Morgan fingerprint density at radius 2 is 2.04 bits per heavy atom. The van der Waals surface area contributed by atoms with Gasteiger partial charge in [-0.2, -0.15) is 0 Å². The lowest BCUT2D eigenvalue weighted by Gasteiger charge is -2.11. The molecule has 0 aliphatic heterocycles. The number of hydrogen-bond acceptors (Lipinski definition) is 3. The molecule has 0 fully saturated rings. The van der Waals surface area contributed by atoms with Gasteiger partial charge in [-0.1, -0.05) is 28.1 Å². The molecule has 1 heterocycles. The molecular weight excluding hydrogens is 406 g/mol. The summed E-state index contributed by atoms with van der Waals surface area (Å²) >= 11 is 3.51. The van der Waals surface area contributed by atoms with Crippen LogP contribution in [0.3, 0.4) is 0 Å². The Morgan fingerprint density at radius 3 is 2.70 bits per heavy atom. The minimum Gasteiger partial charge on any atom is -0.496 e. The Kier molecular flexibility index (Phi) is 5.71. The molecule has 3 rings (SSSR count). The van der Waals surface area contributed by atoms with Crippen molar-refractivity contribution in [3.05, 3.63) is 58.8 Å². The molecule has 5 heteroatoms. The average Bonchev–Trinajstić information content (AvgIpc) is 3.02. The lowest BCUT2D eigenvalue weighted by Crippen LogP contribution is -2.28. The van der Waals surface area contributed by atoms with Gasteiger partial charge in [0.15, 0.2) is 0 Å². The van der Waals surface area contributed by atoms with E-state index >= 15 is 0 Å². The molecule has 0 bridgehead atoms. The molecule has 0 unspecified atom stereocenters. The maximum Gasteiger partial charge on any atom is 0.244 e. The molecular formula is C22H22BrNO3. The van der Waals surface area contributed by atoms with E-state index in [0.29, 0.717) is 5.75 Å². The second kappa shape index (κ2) is 8.01. The zero-order chi connectivity index (χ0) is 19.6. The number of fused-ring (bicyclic) bond motifs is 1. The van der Waals surface area contributed by atoms with Gasteiger partial charge in [-0.15, -0.1) is 0 Å². The van der Waals surface area contributed by atoms with Crippen molar-refractivity contribution in [2.75, 3.05) is 7.11 Å². The highest BCUT2D eigenvalue weighted by Gasteiger charge is 2.15. The van der Waals surface area contributed by atoms with E-state index in [-0.39, 0.29) is 11.9 Å². The summed E-state index contributed by atoms with van der Waals surface area (Å²) in [5.41, 5.74) is 4.48. The van der Waals surface area contributed by atoms with E-state index in [4.69, 9.17) is 9.15 Å². The number of hydrogen-bond donors (Lipinski definition) is 1. The van der Waals surface area contributed by atoms with Crippen LogP contribution >= 0.6 is 15.9 Å². The third-order valence-corrected chi connectivity index (χ3v) is 4.73. The molecule has 0 spiro atoms. The van der Waals surface area contributed by atoms with Crippen molar-refractivity contribution in [2.24, 2.45) is 0 Å². The first-order valence-electron chi connectivity index (χ1n) is 8.73. The third-order valence-electron chi connectivity index (χ3n) is 4.23. The van der Waals surface area contributed by atoms with E-state index in [2.05, 4.69) is 21.2 Å². The summed E-state index contributed by atoms with van der Waals surface area (Å²) in [4.78, 5) is 12.1. The van der Waals surface area contributed by atoms with Crippen LogP contribution in [0.4, 0.5) is 0 Å². The molecule has 1 N–H and O–H groups in total. The number of furan rings is 1. The summed E-state index contributed by atoms with van der Waals surface area (Å²) in [6.07, 6.45) is 3.35.